The van der Waals surface area contributed by atoms with Gasteiger partial charge in [-0.25, -0.2) is 9.82 Å². The van der Waals surface area contributed by atoms with E-state index in [1.54, 1.807) is 49.4 Å². The highest BCUT2D eigenvalue weighted by Gasteiger charge is 2.35. The first-order chi connectivity index (χ1) is 15.8. The number of nitrogens with one attached hydrogen (secondary N) is 2. The molecule has 13 heteroatoms. The molecule has 0 aliphatic rings. The molecule has 0 aliphatic heterocycles. The van der Waals surface area contributed by atoms with Crippen LogP contribution >= 0.6 is 11.6 Å². The Labute approximate surface area is 199 Å². The number of hydrogen-bond acceptors (Lipinski definition) is 4. The largest absolute Gasteiger partial charge is 0.435 e. The number of amides is 1. The van der Waals surface area contributed by atoms with Crippen LogP contribution in [0.4, 0.5) is 13.2 Å². The molecule has 0 saturated heterocycles. The van der Waals surface area contributed by atoms with E-state index < -0.39 is 33.9 Å². The number of benzene rings is 2. The van der Waals surface area contributed by atoms with Crippen LogP contribution in [0.5, 0.6) is 0 Å². The van der Waals surface area contributed by atoms with Gasteiger partial charge in [-0.3, -0.25) is 4.79 Å². The van der Waals surface area contributed by atoms with Crippen molar-refractivity contribution in [2.45, 2.75) is 32.1 Å². The number of rotatable bonds is 8. The Hall–Kier alpha value is -2.93. The summed E-state index contributed by atoms with van der Waals surface area (Å²) in [7, 11) is -3.83. The monoisotopic (exact) mass is 515 g/mol. The van der Waals surface area contributed by atoms with Crippen molar-refractivity contribution in [2.75, 3.05) is 0 Å². The molecule has 0 fully saturated rings. The smallest absolute Gasteiger partial charge is 0.350 e. The lowest BCUT2D eigenvalue weighted by atomic mass is 9.99. The van der Waals surface area contributed by atoms with Crippen LogP contribution in [0.15, 0.2) is 54.6 Å². The molecule has 1 amide bonds. The molecular weight excluding hydrogens is 495 g/mol. The first-order valence-corrected chi connectivity index (χ1v) is 11.8. The summed E-state index contributed by atoms with van der Waals surface area (Å²) in [6.45, 7) is 1.44. The molecule has 2 aromatic carbocycles. The Morgan fingerprint density at radius 3 is 2.41 bits per heavy atom. The van der Waals surface area contributed by atoms with Crippen LogP contribution in [-0.2, 0) is 34.3 Å². The van der Waals surface area contributed by atoms with Crippen LogP contribution < -0.4 is 15.2 Å². The zero-order valence-corrected chi connectivity index (χ0v) is 19.4. The van der Waals surface area contributed by atoms with Gasteiger partial charge >= 0.3 is 6.18 Å². The second-order valence-electron chi connectivity index (χ2n) is 7.46. The van der Waals surface area contributed by atoms with Gasteiger partial charge in [0.1, 0.15) is 0 Å². The lowest BCUT2D eigenvalue weighted by Gasteiger charge is -2.14. The zero-order valence-electron chi connectivity index (χ0n) is 17.8. The van der Waals surface area contributed by atoms with Crippen molar-refractivity contribution < 1.29 is 26.4 Å². The van der Waals surface area contributed by atoms with Crippen molar-refractivity contribution >= 4 is 27.7 Å². The molecule has 0 aliphatic carbocycles. The first kappa shape index (κ1) is 25.7. The molecule has 4 N–H and O–H groups in total. The van der Waals surface area contributed by atoms with E-state index in [2.05, 4.69) is 15.1 Å². The fraction of sp³-hybridized carbons (Fsp3) is 0.238. The SMILES string of the molecule is CC(C(=O)NCc1cc(C(F)(F)F)nn1-c1cccc(Cl)c1)c1ccc(CNS(N)(=O)=O)cc1. The van der Waals surface area contributed by atoms with Gasteiger partial charge < -0.3 is 5.32 Å². The van der Waals surface area contributed by atoms with E-state index in [-0.39, 0.29) is 18.8 Å². The maximum Gasteiger partial charge on any atom is 0.435 e. The summed E-state index contributed by atoms with van der Waals surface area (Å²) in [5.74, 6) is -1.03. The van der Waals surface area contributed by atoms with Crippen molar-refractivity contribution in [3.63, 3.8) is 0 Å². The van der Waals surface area contributed by atoms with E-state index in [1.165, 1.54) is 6.07 Å². The number of hydrogen-bond donors (Lipinski definition) is 3. The lowest BCUT2D eigenvalue weighted by molar-refractivity contribution is -0.141. The quantitative estimate of drug-likeness (QED) is 0.426. The average Bonchev–Trinajstić information content (AvgIpc) is 3.20. The summed E-state index contributed by atoms with van der Waals surface area (Å²) < 4.78 is 64.9. The number of halogens is 4. The van der Waals surface area contributed by atoms with Crippen LogP contribution in [0.1, 0.15) is 35.4 Å². The van der Waals surface area contributed by atoms with Gasteiger partial charge in [0.2, 0.25) is 5.91 Å². The van der Waals surface area contributed by atoms with E-state index in [4.69, 9.17) is 16.7 Å². The highest BCUT2D eigenvalue weighted by Crippen LogP contribution is 2.30. The lowest BCUT2D eigenvalue weighted by Crippen LogP contribution is -2.30. The Bertz CT molecular complexity index is 1280. The molecule has 8 nitrogen and oxygen atoms in total. The van der Waals surface area contributed by atoms with Gasteiger partial charge in [-0.15, -0.1) is 0 Å². The van der Waals surface area contributed by atoms with Crippen molar-refractivity contribution in [2.24, 2.45) is 5.14 Å². The Kier molecular flexibility index (Phi) is 7.66. The van der Waals surface area contributed by atoms with Crippen LogP contribution in [0.3, 0.4) is 0 Å². The molecule has 34 heavy (non-hydrogen) atoms. The van der Waals surface area contributed by atoms with Gasteiger partial charge in [-0.1, -0.05) is 41.9 Å². The summed E-state index contributed by atoms with van der Waals surface area (Å²) in [6.07, 6.45) is -4.66. The topological polar surface area (TPSA) is 119 Å². The fourth-order valence-electron chi connectivity index (χ4n) is 3.11. The molecule has 3 rings (SSSR count). The first-order valence-electron chi connectivity index (χ1n) is 9.89. The number of carbonyl (C=O) groups excluding carboxylic acids is 1. The highest BCUT2D eigenvalue weighted by molar-refractivity contribution is 7.87. The number of nitrogens with zero attached hydrogens (tertiary/aromatic N) is 2. The molecule has 182 valence electrons. The summed E-state index contributed by atoms with van der Waals surface area (Å²) >= 11 is 5.96. The maximum atomic E-state index is 13.2. The van der Waals surface area contributed by atoms with Gasteiger partial charge in [-0.05, 0) is 42.3 Å². The van der Waals surface area contributed by atoms with Crippen molar-refractivity contribution in [3.05, 3.63) is 82.1 Å². The van der Waals surface area contributed by atoms with Crippen molar-refractivity contribution in [1.82, 2.24) is 19.8 Å². The number of nitrogens with two attached hydrogens (primary N) is 1. The third-order valence-corrected chi connectivity index (χ3v) is 5.70. The third-order valence-electron chi connectivity index (χ3n) is 4.92. The van der Waals surface area contributed by atoms with E-state index >= 15 is 0 Å². The van der Waals surface area contributed by atoms with Crippen LogP contribution in [-0.4, -0.2) is 24.1 Å². The number of alkyl halides is 3. The second-order valence-corrected chi connectivity index (χ2v) is 9.27. The van der Waals surface area contributed by atoms with E-state index in [9.17, 15) is 26.4 Å². The predicted octanol–water partition coefficient (Wildman–Crippen LogP) is 3.26. The van der Waals surface area contributed by atoms with Crippen molar-refractivity contribution in [1.29, 1.82) is 0 Å². The summed E-state index contributed by atoms with van der Waals surface area (Å²) in [6, 6.07) is 13.7. The minimum Gasteiger partial charge on any atom is -0.350 e. The average molecular weight is 516 g/mol. The molecule has 1 heterocycles. The molecule has 0 bridgehead atoms. The summed E-state index contributed by atoms with van der Waals surface area (Å²) in [5.41, 5.74) is 0.628. The normalized spacial score (nSPS) is 13.0. The Balaban J connectivity index is 1.73. The number of carbonyl (C=O) groups is 1. The van der Waals surface area contributed by atoms with Crippen LogP contribution in [0, 0.1) is 0 Å². The minimum absolute atomic E-state index is 0.00524. The highest BCUT2D eigenvalue weighted by atomic mass is 35.5. The summed E-state index contributed by atoms with van der Waals surface area (Å²) in [5, 5.41) is 11.5. The molecule has 0 radical (unpaired) electrons. The van der Waals surface area contributed by atoms with Gasteiger partial charge in [0.05, 0.1) is 23.8 Å². The van der Waals surface area contributed by atoms with E-state index in [0.29, 0.717) is 21.8 Å². The molecule has 1 unspecified atom stereocenters. The Morgan fingerprint density at radius 1 is 1.15 bits per heavy atom. The van der Waals surface area contributed by atoms with E-state index in [0.717, 1.165) is 10.7 Å². The zero-order chi connectivity index (χ0) is 25.1. The molecule has 0 saturated carbocycles. The Morgan fingerprint density at radius 2 is 1.82 bits per heavy atom. The predicted molar refractivity (Wildman–Crippen MR) is 120 cm³/mol. The third kappa shape index (κ3) is 6.79. The fourth-order valence-corrected chi connectivity index (χ4v) is 3.66. The molecular formula is C21H21ClF3N5O3S. The van der Waals surface area contributed by atoms with Crippen LogP contribution in [0.2, 0.25) is 5.02 Å². The minimum atomic E-state index is -4.66. The molecule has 3 aromatic rings. The molecule has 1 atom stereocenters. The summed E-state index contributed by atoms with van der Waals surface area (Å²) in [4.78, 5) is 12.7. The molecule has 0 spiro atoms. The number of aromatic nitrogens is 2. The van der Waals surface area contributed by atoms with Crippen LogP contribution in [0.25, 0.3) is 5.69 Å². The molecule has 1 aromatic heterocycles. The maximum absolute atomic E-state index is 13.2. The van der Waals surface area contributed by atoms with Crippen molar-refractivity contribution in [3.8, 4) is 5.69 Å². The van der Waals surface area contributed by atoms with Gasteiger partial charge in [0.25, 0.3) is 10.2 Å². The van der Waals surface area contributed by atoms with Gasteiger partial charge in [-0.2, -0.15) is 31.4 Å². The van der Waals surface area contributed by atoms with E-state index in [1.807, 2.05) is 0 Å². The van der Waals surface area contributed by atoms with Gasteiger partial charge in [0.15, 0.2) is 5.69 Å². The standard InChI is InChI=1S/C21H21ClF3N5O3S/c1-13(15-7-5-14(6-8-15)11-28-34(26,32)33)20(31)27-12-18-10-19(21(23,24)25)29-30(18)17-4-2-3-16(22)9-17/h2-10,13,28H,11-12H2,1H3,(H,27,31)(H2,26,32,33). The second kappa shape index (κ2) is 10.1. The van der Waals surface area contributed by atoms with Gasteiger partial charge in [0, 0.05) is 11.6 Å².